The lowest BCUT2D eigenvalue weighted by Crippen LogP contribution is -2.14. The highest BCUT2D eigenvalue weighted by Crippen LogP contribution is 2.34. The zero-order chi connectivity index (χ0) is 16.8. The van der Waals surface area contributed by atoms with E-state index in [1.807, 2.05) is 12.1 Å². The molecule has 3 nitrogen and oxygen atoms in total. The van der Waals surface area contributed by atoms with Crippen LogP contribution in [0.15, 0.2) is 78.9 Å². The van der Waals surface area contributed by atoms with Gasteiger partial charge in [0.2, 0.25) is 0 Å². The van der Waals surface area contributed by atoms with Crippen LogP contribution in [0, 0.1) is 0 Å². The van der Waals surface area contributed by atoms with Gasteiger partial charge in [0.05, 0.1) is 0 Å². The van der Waals surface area contributed by atoms with Crippen LogP contribution in [0.4, 0.5) is 0 Å². The minimum Gasteiger partial charge on any atom is -0.504 e. The number of hydrogen-bond acceptors (Lipinski definition) is 3. The Morgan fingerprint density at radius 3 is 1.96 bits per heavy atom. The molecule has 1 aliphatic heterocycles. The van der Waals surface area contributed by atoms with Crippen LogP contribution in [0.2, 0.25) is 0 Å². The minimum atomic E-state index is -0.0764. The van der Waals surface area contributed by atoms with Crippen molar-refractivity contribution in [3.63, 3.8) is 0 Å². The van der Waals surface area contributed by atoms with E-state index in [0.717, 1.165) is 18.6 Å². The maximum absolute atomic E-state index is 8.67. The van der Waals surface area contributed by atoms with Gasteiger partial charge >= 0.3 is 0 Å². The van der Waals surface area contributed by atoms with Crippen LogP contribution in [0.5, 0.6) is 17.2 Å². The Kier molecular flexibility index (Phi) is 5.02. The molecule has 3 aromatic rings. The second-order valence-corrected chi connectivity index (χ2v) is 5.65. The first-order valence-corrected chi connectivity index (χ1v) is 8.00. The Morgan fingerprint density at radius 2 is 1.29 bits per heavy atom. The average molecular weight is 320 g/mol. The first-order valence-electron chi connectivity index (χ1n) is 8.00. The van der Waals surface area contributed by atoms with Gasteiger partial charge < -0.3 is 14.9 Å². The van der Waals surface area contributed by atoms with E-state index in [2.05, 4.69) is 42.5 Å². The summed E-state index contributed by atoms with van der Waals surface area (Å²) in [5.74, 6) is 0.891. The monoisotopic (exact) mass is 320 g/mol. The molecule has 3 heteroatoms. The number of para-hydroxylation sites is 3. The first kappa shape index (κ1) is 15.9. The number of phenols is 2. The van der Waals surface area contributed by atoms with Crippen molar-refractivity contribution in [1.82, 2.24) is 0 Å². The number of benzene rings is 3. The fourth-order valence-corrected chi connectivity index (χ4v) is 2.69. The molecule has 1 aliphatic rings. The van der Waals surface area contributed by atoms with Gasteiger partial charge in [0, 0.05) is 0 Å². The van der Waals surface area contributed by atoms with E-state index in [1.165, 1.54) is 23.3 Å². The molecular weight excluding hydrogens is 300 g/mol. The molecule has 0 aromatic heterocycles. The number of aryl methyl sites for hydroxylation is 1. The molecule has 0 saturated heterocycles. The normalized spacial score (nSPS) is 15.4. The number of fused-ring (bicyclic) bond motifs is 1. The Hall–Kier alpha value is -2.94. The third-order valence-electron chi connectivity index (χ3n) is 3.97. The lowest BCUT2D eigenvalue weighted by molar-refractivity contribution is 0.176. The molecule has 1 atom stereocenters. The van der Waals surface area contributed by atoms with Gasteiger partial charge in [-0.25, -0.2) is 0 Å². The SMILES string of the molecule is Oc1ccccc1O.c1ccc(C2CCc3ccccc3O2)cc1. The van der Waals surface area contributed by atoms with E-state index in [-0.39, 0.29) is 17.6 Å². The molecule has 0 radical (unpaired) electrons. The molecular formula is C21H20O3. The van der Waals surface area contributed by atoms with Crippen molar-refractivity contribution < 1.29 is 14.9 Å². The summed E-state index contributed by atoms with van der Waals surface area (Å²) in [6.07, 6.45) is 2.40. The summed E-state index contributed by atoms with van der Waals surface area (Å²) in [6, 6.07) is 24.9. The maximum Gasteiger partial charge on any atom is 0.157 e. The van der Waals surface area contributed by atoms with E-state index in [9.17, 15) is 0 Å². The predicted molar refractivity (Wildman–Crippen MR) is 94.3 cm³/mol. The van der Waals surface area contributed by atoms with Crippen molar-refractivity contribution in [2.75, 3.05) is 0 Å². The van der Waals surface area contributed by atoms with E-state index in [1.54, 1.807) is 12.1 Å². The Labute approximate surface area is 141 Å². The molecule has 0 fully saturated rings. The maximum atomic E-state index is 8.67. The van der Waals surface area contributed by atoms with Gasteiger partial charge in [-0.1, -0.05) is 60.7 Å². The van der Waals surface area contributed by atoms with Crippen LogP contribution < -0.4 is 4.74 Å². The third kappa shape index (κ3) is 3.87. The van der Waals surface area contributed by atoms with Gasteiger partial charge in [0.1, 0.15) is 11.9 Å². The molecule has 1 unspecified atom stereocenters. The topological polar surface area (TPSA) is 49.7 Å². The fraction of sp³-hybridized carbons (Fsp3) is 0.143. The summed E-state index contributed by atoms with van der Waals surface area (Å²) in [7, 11) is 0. The lowest BCUT2D eigenvalue weighted by atomic mass is 9.98. The van der Waals surface area contributed by atoms with E-state index < -0.39 is 0 Å². The van der Waals surface area contributed by atoms with Crippen molar-refractivity contribution in [3.8, 4) is 17.2 Å². The van der Waals surface area contributed by atoms with Crippen LogP contribution in [0.25, 0.3) is 0 Å². The summed E-state index contributed by atoms with van der Waals surface area (Å²) in [4.78, 5) is 0. The molecule has 2 N–H and O–H groups in total. The number of hydrogen-bond donors (Lipinski definition) is 2. The summed E-state index contributed by atoms with van der Waals surface area (Å²) in [5, 5.41) is 17.3. The van der Waals surface area contributed by atoms with E-state index in [0.29, 0.717) is 0 Å². The van der Waals surface area contributed by atoms with Crippen molar-refractivity contribution in [1.29, 1.82) is 0 Å². The minimum absolute atomic E-state index is 0.0764. The molecule has 122 valence electrons. The van der Waals surface area contributed by atoms with Gasteiger partial charge in [-0.3, -0.25) is 0 Å². The van der Waals surface area contributed by atoms with Crippen LogP contribution in [-0.2, 0) is 6.42 Å². The highest BCUT2D eigenvalue weighted by atomic mass is 16.5. The molecule has 0 amide bonds. The summed E-state index contributed by atoms with van der Waals surface area (Å²) in [6.45, 7) is 0. The molecule has 0 saturated carbocycles. The van der Waals surface area contributed by atoms with Crippen molar-refractivity contribution in [2.45, 2.75) is 18.9 Å². The zero-order valence-corrected chi connectivity index (χ0v) is 13.3. The number of aromatic hydroxyl groups is 2. The van der Waals surface area contributed by atoms with E-state index >= 15 is 0 Å². The molecule has 0 bridgehead atoms. The smallest absolute Gasteiger partial charge is 0.157 e. The van der Waals surface area contributed by atoms with Crippen LogP contribution >= 0.6 is 0 Å². The molecule has 4 rings (SSSR count). The van der Waals surface area contributed by atoms with Gasteiger partial charge in [0.25, 0.3) is 0 Å². The third-order valence-corrected chi connectivity index (χ3v) is 3.97. The van der Waals surface area contributed by atoms with Gasteiger partial charge in [0.15, 0.2) is 11.5 Å². The standard InChI is InChI=1S/C15H14O.C6H6O2/c1-2-6-12(7-3-1)15-11-10-13-8-4-5-9-14(13)16-15;7-5-3-1-2-4-6(5)8/h1-9,15H,10-11H2;1-4,7-8H. The highest BCUT2D eigenvalue weighted by Gasteiger charge is 2.20. The van der Waals surface area contributed by atoms with Gasteiger partial charge in [-0.2, -0.15) is 0 Å². The Balaban J connectivity index is 0.000000179. The second kappa shape index (κ2) is 7.55. The van der Waals surface area contributed by atoms with Gasteiger partial charge in [-0.05, 0) is 42.2 Å². The number of phenolic OH excluding ortho intramolecular Hbond substituents is 2. The average Bonchev–Trinajstić information content (AvgIpc) is 2.65. The highest BCUT2D eigenvalue weighted by molar-refractivity contribution is 5.37. The fourth-order valence-electron chi connectivity index (χ4n) is 2.69. The van der Waals surface area contributed by atoms with E-state index in [4.69, 9.17) is 14.9 Å². The van der Waals surface area contributed by atoms with Crippen molar-refractivity contribution in [2.24, 2.45) is 0 Å². The summed E-state index contributed by atoms with van der Waals surface area (Å²) >= 11 is 0. The second-order valence-electron chi connectivity index (χ2n) is 5.65. The molecule has 1 heterocycles. The van der Waals surface area contributed by atoms with Crippen LogP contribution in [0.3, 0.4) is 0 Å². The Bertz CT molecular complexity index is 763. The van der Waals surface area contributed by atoms with Crippen LogP contribution in [0.1, 0.15) is 23.7 Å². The predicted octanol–water partition coefficient (Wildman–Crippen LogP) is 4.85. The van der Waals surface area contributed by atoms with Crippen molar-refractivity contribution >= 4 is 0 Å². The first-order chi connectivity index (χ1) is 11.7. The summed E-state index contributed by atoms with van der Waals surface area (Å²) in [5.41, 5.74) is 2.60. The van der Waals surface area contributed by atoms with Crippen molar-refractivity contribution in [3.05, 3.63) is 90.0 Å². The molecule has 3 aromatic carbocycles. The quantitative estimate of drug-likeness (QED) is 0.630. The molecule has 0 spiro atoms. The number of rotatable bonds is 1. The van der Waals surface area contributed by atoms with Crippen LogP contribution in [-0.4, -0.2) is 10.2 Å². The lowest BCUT2D eigenvalue weighted by Gasteiger charge is -2.26. The largest absolute Gasteiger partial charge is 0.504 e. The zero-order valence-electron chi connectivity index (χ0n) is 13.3. The summed E-state index contributed by atoms with van der Waals surface area (Å²) < 4.78 is 6.02. The number of ether oxygens (including phenoxy) is 1. The van der Waals surface area contributed by atoms with Gasteiger partial charge in [-0.15, -0.1) is 0 Å². The molecule has 0 aliphatic carbocycles. The Morgan fingerprint density at radius 1 is 0.708 bits per heavy atom. The molecule has 24 heavy (non-hydrogen) atoms.